The van der Waals surface area contributed by atoms with Crippen molar-refractivity contribution in [2.75, 3.05) is 20.2 Å². The van der Waals surface area contributed by atoms with Crippen LogP contribution in [-0.4, -0.2) is 54.8 Å². The lowest BCUT2D eigenvalue weighted by Crippen LogP contribution is -2.54. The zero-order valence-corrected chi connectivity index (χ0v) is 15.2. The van der Waals surface area contributed by atoms with Crippen LogP contribution in [0.25, 0.3) is 0 Å². The van der Waals surface area contributed by atoms with Gasteiger partial charge in [-0.2, -0.15) is 0 Å². The van der Waals surface area contributed by atoms with E-state index in [4.69, 9.17) is 4.74 Å². The third-order valence-corrected chi connectivity index (χ3v) is 4.75. The van der Waals surface area contributed by atoms with Crippen LogP contribution in [0.5, 0.6) is 5.75 Å². The van der Waals surface area contributed by atoms with E-state index in [9.17, 15) is 19.2 Å². The SMILES string of the molecule is CNCCCCCOc1ccc2c(c1)C(=O)N(C1CCC(=O)NC1=O)C2=O. The number of hydrogen-bond donors (Lipinski definition) is 2. The Bertz CT molecular complexity index is 777. The fourth-order valence-electron chi connectivity index (χ4n) is 3.31. The number of benzene rings is 1. The summed E-state index contributed by atoms with van der Waals surface area (Å²) in [4.78, 5) is 49.6. The summed E-state index contributed by atoms with van der Waals surface area (Å²) < 4.78 is 5.68. The number of piperidine rings is 1. The van der Waals surface area contributed by atoms with E-state index in [0.717, 1.165) is 30.7 Å². The van der Waals surface area contributed by atoms with Crippen LogP contribution in [-0.2, 0) is 9.59 Å². The molecule has 2 aliphatic rings. The second-order valence-electron chi connectivity index (χ2n) is 6.67. The first-order chi connectivity index (χ1) is 13.0. The Hall–Kier alpha value is -2.74. The molecule has 2 aliphatic heterocycles. The molecule has 1 atom stereocenters. The van der Waals surface area contributed by atoms with Gasteiger partial charge in [0.1, 0.15) is 11.8 Å². The van der Waals surface area contributed by atoms with Gasteiger partial charge < -0.3 is 10.1 Å². The van der Waals surface area contributed by atoms with E-state index in [1.807, 2.05) is 7.05 Å². The summed E-state index contributed by atoms with van der Waals surface area (Å²) in [5, 5.41) is 5.27. The van der Waals surface area contributed by atoms with Crippen LogP contribution in [0, 0.1) is 0 Å². The number of fused-ring (bicyclic) bond motifs is 1. The highest BCUT2D eigenvalue weighted by atomic mass is 16.5. The molecule has 3 rings (SSSR count). The fraction of sp³-hybridized carbons (Fsp3) is 0.474. The first-order valence-electron chi connectivity index (χ1n) is 9.16. The first kappa shape index (κ1) is 19.0. The minimum atomic E-state index is -0.952. The summed E-state index contributed by atoms with van der Waals surface area (Å²) in [7, 11) is 1.91. The minimum Gasteiger partial charge on any atom is -0.494 e. The first-order valence-corrected chi connectivity index (χ1v) is 9.16. The van der Waals surface area contributed by atoms with Crippen LogP contribution >= 0.6 is 0 Å². The molecule has 4 amide bonds. The van der Waals surface area contributed by atoms with E-state index in [1.54, 1.807) is 18.2 Å². The number of nitrogens with zero attached hydrogens (tertiary/aromatic N) is 1. The van der Waals surface area contributed by atoms with Crippen molar-refractivity contribution in [1.82, 2.24) is 15.5 Å². The van der Waals surface area contributed by atoms with Crippen LogP contribution < -0.4 is 15.4 Å². The smallest absolute Gasteiger partial charge is 0.262 e. The van der Waals surface area contributed by atoms with Gasteiger partial charge in [0.25, 0.3) is 11.8 Å². The number of ether oxygens (including phenoxy) is 1. The molecule has 0 radical (unpaired) electrons. The summed E-state index contributed by atoms with van der Waals surface area (Å²) in [6, 6.07) is 3.81. The molecule has 1 aromatic rings. The lowest BCUT2D eigenvalue weighted by Gasteiger charge is -2.27. The van der Waals surface area contributed by atoms with Crippen molar-refractivity contribution < 1.29 is 23.9 Å². The van der Waals surface area contributed by atoms with Crippen LogP contribution in [0.4, 0.5) is 0 Å². The molecular weight excluding hydrogens is 350 g/mol. The molecule has 0 saturated carbocycles. The van der Waals surface area contributed by atoms with Gasteiger partial charge in [0, 0.05) is 6.42 Å². The Kier molecular flexibility index (Phi) is 5.85. The van der Waals surface area contributed by atoms with E-state index in [-0.39, 0.29) is 24.0 Å². The Morgan fingerprint density at radius 2 is 1.89 bits per heavy atom. The molecule has 144 valence electrons. The van der Waals surface area contributed by atoms with Crippen molar-refractivity contribution in [3.05, 3.63) is 29.3 Å². The monoisotopic (exact) mass is 373 g/mol. The molecule has 8 heteroatoms. The second-order valence-corrected chi connectivity index (χ2v) is 6.67. The number of nitrogens with one attached hydrogen (secondary N) is 2. The Morgan fingerprint density at radius 3 is 2.63 bits per heavy atom. The number of imide groups is 2. The maximum Gasteiger partial charge on any atom is 0.262 e. The lowest BCUT2D eigenvalue weighted by atomic mass is 10.0. The lowest BCUT2D eigenvalue weighted by molar-refractivity contribution is -0.136. The molecular formula is C19H23N3O5. The predicted octanol–water partition coefficient (Wildman–Crippen LogP) is 0.856. The molecule has 27 heavy (non-hydrogen) atoms. The van der Waals surface area contributed by atoms with Crippen molar-refractivity contribution in [3.8, 4) is 5.75 Å². The molecule has 0 aliphatic carbocycles. The molecule has 2 N–H and O–H groups in total. The summed E-state index contributed by atoms with van der Waals surface area (Å²) in [5.74, 6) is -1.52. The van der Waals surface area contributed by atoms with Crippen molar-refractivity contribution >= 4 is 23.6 Å². The zero-order valence-electron chi connectivity index (χ0n) is 15.2. The highest BCUT2D eigenvalue weighted by molar-refractivity contribution is 6.23. The van der Waals surface area contributed by atoms with Gasteiger partial charge in [0.2, 0.25) is 11.8 Å². The molecule has 1 fully saturated rings. The average Bonchev–Trinajstić information content (AvgIpc) is 2.89. The van der Waals surface area contributed by atoms with Crippen molar-refractivity contribution in [3.63, 3.8) is 0 Å². The Labute approximate surface area is 157 Å². The number of carbonyl (C=O) groups excluding carboxylic acids is 4. The van der Waals surface area contributed by atoms with Gasteiger partial charge >= 0.3 is 0 Å². The maximum absolute atomic E-state index is 12.7. The van der Waals surface area contributed by atoms with Gasteiger partial charge in [0.05, 0.1) is 17.7 Å². The molecule has 0 aromatic heterocycles. The largest absolute Gasteiger partial charge is 0.494 e. The van der Waals surface area contributed by atoms with Crippen LogP contribution in [0.1, 0.15) is 52.8 Å². The highest BCUT2D eigenvalue weighted by Crippen LogP contribution is 2.30. The summed E-state index contributed by atoms with van der Waals surface area (Å²) in [6.07, 6.45) is 3.25. The number of carbonyl (C=O) groups is 4. The van der Waals surface area contributed by atoms with Gasteiger partial charge in [-0.05, 0) is 57.5 Å². The summed E-state index contributed by atoms with van der Waals surface area (Å²) in [5.41, 5.74) is 0.489. The number of amides is 4. The van der Waals surface area contributed by atoms with E-state index >= 15 is 0 Å². The van der Waals surface area contributed by atoms with Gasteiger partial charge in [0.15, 0.2) is 0 Å². The second kappa shape index (κ2) is 8.30. The predicted molar refractivity (Wildman–Crippen MR) is 96.4 cm³/mol. The molecule has 2 heterocycles. The number of unbranched alkanes of at least 4 members (excludes halogenated alkanes) is 2. The third kappa shape index (κ3) is 4.00. The molecule has 1 saturated heterocycles. The molecule has 8 nitrogen and oxygen atoms in total. The molecule has 1 aromatic carbocycles. The standard InChI is InChI=1S/C19H23N3O5/c1-20-9-3-2-4-10-27-12-5-6-13-14(11-12)19(26)22(18(13)25)15-7-8-16(23)21-17(15)24/h5-6,11,15,20H,2-4,7-10H2,1H3,(H,21,23,24). The van der Waals surface area contributed by atoms with Crippen LogP contribution in [0.2, 0.25) is 0 Å². The van der Waals surface area contributed by atoms with Gasteiger partial charge in [-0.1, -0.05) is 0 Å². The quantitative estimate of drug-likeness (QED) is 0.517. The highest BCUT2D eigenvalue weighted by Gasteiger charge is 2.44. The topological polar surface area (TPSA) is 105 Å². The molecule has 1 unspecified atom stereocenters. The Morgan fingerprint density at radius 1 is 1.11 bits per heavy atom. The van der Waals surface area contributed by atoms with E-state index in [2.05, 4.69) is 10.6 Å². The average molecular weight is 373 g/mol. The van der Waals surface area contributed by atoms with E-state index in [0.29, 0.717) is 12.4 Å². The Balaban J connectivity index is 1.66. The summed E-state index contributed by atoms with van der Waals surface area (Å²) >= 11 is 0. The number of rotatable bonds is 8. The molecule has 0 bridgehead atoms. The van der Waals surface area contributed by atoms with Crippen molar-refractivity contribution in [2.45, 2.75) is 38.1 Å². The van der Waals surface area contributed by atoms with Gasteiger partial charge in [-0.15, -0.1) is 0 Å². The van der Waals surface area contributed by atoms with E-state index < -0.39 is 29.7 Å². The van der Waals surface area contributed by atoms with Crippen molar-refractivity contribution in [1.29, 1.82) is 0 Å². The van der Waals surface area contributed by atoms with Gasteiger partial charge in [-0.3, -0.25) is 29.4 Å². The zero-order chi connectivity index (χ0) is 19.4. The van der Waals surface area contributed by atoms with Crippen LogP contribution in [0.15, 0.2) is 18.2 Å². The molecule has 0 spiro atoms. The third-order valence-electron chi connectivity index (χ3n) is 4.75. The van der Waals surface area contributed by atoms with Crippen molar-refractivity contribution in [2.24, 2.45) is 0 Å². The minimum absolute atomic E-state index is 0.103. The van der Waals surface area contributed by atoms with Crippen LogP contribution in [0.3, 0.4) is 0 Å². The fourth-order valence-corrected chi connectivity index (χ4v) is 3.31. The number of hydrogen-bond acceptors (Lipinski definition) is 6. The van der Waals surface area contributed by atoms with E-state index in [1.165, 1.54) is 0 Å². The normalized spacial score (nSPS) is 19.3. The maximum atomic E-state index is 12.7. The van der Waals surface area contributed by atoms with Gasteiger partial charge in [-0.25, -0.2) is 0 Å². The summed E-state index contributed by atoms with van der Waals surface area (Å²) in [6.45, 7) is 1.49.